The van der Waals surface area contributed by atoms with Crippen molar-refractivity contribution in [2.24, 2.45) is 0 Å². The van der Waals surface area contributed by atoms with Crippen molar-refractivity contribution in [1.29, 1.82) is 0 Å². The van der Waals surface area contributed by atoms with Crippen molar-refractivity contribution in [1.82, 2.24) is 0 Å². The Hall–Kier alpha value is -4.20. The number of hydrogen-bond donors (Lipinski definition) is 2. The van der Waals surface area contributed by atoms with E-state index in [4.69, 9.17) is 11.5 Å². The molecule has 0 saturated carbocycles. The van der Waals surface area contributed by atoms with E-state index in [9.17, 15) is 26.3 Å². The average molecular weight is 496 g/mol. The lowest BCUT2D eigenvalue weighted by atomic mass is 9.93. The van der Waals surface area contributed by atoms with E-state index in [-0.39, 0.29) is 22.5 Å². The number of alkyl halides is 6. The Kier molecular flexibility index (Phi) is 5.35. The van der Waals surface area contributed by atoms with E-state index in [1.807, 2.05) is 0 Å². The molecule has 8 heteroatoms. The summed E-state index contributed by atoms with van der Waals surface area (Å²) in [5.41, 5.74) is 10.3. The molecular weight excluding hydrogens is 478 g/mol. The minimum absolute atomic E-state index is 0.0112. The molecule has 0 aliphatic heterocycles. The first-order valence-corrected chi connectivity index (χ1v) is 10.8. The van der Waals surface area contributed by atoms with Crippen LogP contribution in [0.15, 0.2) is 84.9 Å². The maximum absolute atomic E-state index is 13.6. The molecule has 0 amide bonds. The summed E-state index contributed by atoms with van der Waals surface area (Å²) in [4.78, 5) is 0. The highest BCUT2D eigenvalue weighted by molar-refractivity contribution is 6.01. The third kappa shape index (κ3) is 4.30. The molecule has 0 aliphatic rings. The highest BCUT2D eigenvalue weighted by Crippen LogP contribution is 2.41. The molecule has 4 N–H and O–H groups in total. The molecular formula is C28H18F6N2. The second-order valence-corrected chi connectivity index (χ2v) is 8.58. The summed E-state index contributed by atoms with van der Waals surface area (Å²) in [6.07, 6.45) is -9.15. The summed E-state index contributed by atoms with van der Waals surface area (Å²) >= 11 is 0. The van der Waals surface area contributed by atoms with Crippen LogP contribution < -0.4 is 11.5 Å². The van der Waals surface area contributed by atoms with Crippen LogP contribution in [0.25, 0.3) is 43.8 Å². The smallest absolute Gasteiger partial charge is 0.399 e. The van der Waals surface area contributed by atoms with Crippen LogP contribution in [0.1, 0.15) is 11.1 Å². The highest BCUT2D eigenvalue weighted by atomic mass is 19.4. The van der Waals surface area contributed by atoms with E-state index in [2.05, 4.69) is 0 Å². The van der Waals surface area contributed by atoms with Crippen LogP contribution in [0.2, 0.25) is 0 Å². The number of rotatable bonds is 2. The molecule has 0 radical (unpaired) electrons. The summed E-state index contributed by atoms with van der Waals surface area (Å²) in [7, 11) is 0. The molecule has 5 aromatic rings. The van der Waals surface area contributed by atoms with Gasteiger partial charge in [-0.25, -0.2) is 0 Å². The van der Waals surface area contributed by atoms with Crippen molar-refractivity contribution < 1.29 is 26.3 Å². The van der Waals surface area contributed by atoms with Crippen molar-refractivity contribution >= 4 is 32.9 Å². The minimum Gasteiger partial charge on any atom is -0.399 e. The van der Waals surface area contributed by atoms with Gasteiger partial charge in [0.25, 0.3) is 0 Å². The van der Waals surface area contributed by atoms with Crippen molar-refractivity contribution in [2.45, 2.75) is 12.4 Å². The Balaban J connectivity index is 1.63. The van der Waals surface area contributed by atoms with E-state index in [0.717, 1.165) is 22.9 Å². The molecule has 0 spiro atoms. The van der Waals surface area contributed by atoms with Gasteiger partial charge in [0.1, 0.15) is 0 Å². The van der Waals surface area contributed by atoms with E-state index >= 15 is 0 Å². The molecule has 0 saturated heterocycles. The number of halogens is 6. The predicted octanol–water partition coefficient (Wildman–Crippen LogP) is 8.53. The Labute approximate surface area is 201 Å². The first-order valence-electron chi connectivity index (χ1n) is 10.8. The van der Waals surface area contributed by atoms with Crippen LogP contribution in [0.5, 0.6) is 0 Å². The first-order chi connectivity index (χ1) is 16.9. The summed E-state index contributed by atoms with van der Waals surface area (Å²) in [6.45, 7) is 0. The number of benzene rings is 5. The molecule has 5 aromatic carbocycles. The highest BCUT2D eigenvalue weighted by Gasteiger charge is 2.35. The second-order valence-electron chi connectivity index (χ2n) is 8.58. The summed E-state index contributed by atoms with van der Waals surface area (Å²) < 4.78 is 81.6. The van der Waals surface area contributed by atoms with Gasteiger partial charge >= 0.3 is 12.4 Å². The fourth-order valence-electron chi connectivity index (χ4n) is 4.43. The van der Waals surface area contributed by atoms with E-state index < -0.39 is 23.5 Å². The Morgan fingerprint density at radius 2 is 0.806 bits per heavy atom. The van der Waals surface area contributed by atoms with Gasteiger partial charge in [-0.05, 0) is 92.3 Å². The van der Waals surface area contributed by atoms with Gasteiger partial charge in [0.2, 0.25) is 0 Å². The van der Waals surface area contributed by atoms with Crippen LogP contribution in [0.3, 0.4) is 0 Å². The largest absolute Gasteiger partial charge is 0.417 e. The number of anilines is 2. The van der Waals surface area contributed by atoms with Crippen molar-refractivity contribution in [3.63, 3.8) is 0 Å². The monoisotopic (exact) mass is 496 g/mol. The molecule has 0 aliphatic carbocycles. The van der Waals surface area contributed by atoms with Gasteiger partial charge in [-0.1, -0.05) is 36.4 Å². The van der Waals surface area contributed by atoms with Crippen LogP contribution in [0.4, 0.5) is 37.7 Å². The lowest BCUT2D eigenvalue weighted by molar-refractivity contribution is -0.137. The Bertz CT molecular complexity index is 1510. The van der Waals surface area contributed by atoms with Gasteiger partial charge in [0, 0.05) is 11.4 Å². The average Bonchev–Trinajstić information content (AvgIpc) is 2.81. The van der Waals surface area contributed by atoms with Gasteiger partial charge in [-0.15, -0.1) is 0 Å². The molecule has 182 valence electrons. The summed E-state index contributed by atoms with van der Waals surface area (Å²) in [5.74, 6) is 0. The molecule has 0 unspecified atom stereocenters. The normalized spacial score (nSPS) is 12.4. The standard InChI is InChI=1S/C28H18F6N2/c29-27(30,31)25-13-21(35)5-7-23(25)17-3-1-15-9-20-12-18(4-2-16(20)10-19(15)11-17)24-8-6-22(36)14-26(24)28(32,33)34/h1-14H,35-36H2. The number of nitrogens with two attached hydrogens (primary N) is 2. The van der Waals surface area contributed by atoms with Crippen molar-refractivity contribution in [3.8, 4) is 22.3 Å². The van der Waals surface area contributed by atoms with Gasteiger partial charge < -0.3 is 11.5 Å². The molecule has 0 atom stereocenters. The lowest BCUT2D eigenvalue weighted by Crippen LogP contribution is -2.08. The number of nitrogen functional groups attached to an aromatic ring is 2. The molecule has 0 bridgehead atoms. The van der Waals surface area contributed by atoms with Crippen LogP contribution in [0, 0.1) is 0 Å². The van der Waals surface area contributed by atoms with Crippen molar-refractivity contribution in [3.05, 3.63) is 96.1 Å². The third-order valence-corrected chi connectivity index (χ3v) is 6.12. The summed E-state index contributed by atoms with van der Waals surface area (Å²) in [6, 6.07) is 20.8. The Morgan fingerprint density at radius 3 is 1.17 bits per heavy atom. The molecule has 0 heterocycles. The van der Waals surface area contributed by atoms with Gasteiger partial charge in [-0.2, -0.15) is 26.3 Å². The zero-order valence-electron chi connectivity index (χ0n) is 18.5. The van der Waals surface area contributed by atoms with Gasteiger partial charge in [0.05, 0.1) is 11.1 Å². The number of hydrogen-bond acceptors (Lipinski definition) is 2. The van der Waals surface area contributed by atoms with E-state index in [1.54, 1.807) is 48.5 Å². The maximum Gasteiger partial charge on any atom is 0.417 e. The molecule has 0 aromatic heterocycles. The molecule has 5 rings (SSSR count). The van der Waals surface area contributed by atoms with E-state index in [1.165, 1.54) is 24.3 Å². The summed E-state index contributed by atoms with van der Waals surface area (Å²) in [5, 5.41) is 2.86. The SMILES string of the molecule is Nc1ccc(-c2ccc3cc4cc(-c5ccc(N)cc5C(F)(F)F)ccc4cc3c2)c(C(F)(F)F)c1. The topological polar surface area (TPSA) is 52.0 Å². The second kappa shape index (κ2) is 8.19. The number of fused-ring (bicyclic) bond motifs is 2. The first kappa shape index (κ1) is 23.5. The molecule has 36 heavy (non-hydrogen) atoms. The zero-order valence-corrected chi connectivity index (χ0v) is 18.5. The fourth-order valence-corrected chi connectivity index (χ4v) is 4.43. The van der Waals surface area contributed by atoms with Gasteiger partial charge in [0.15, 0.2) is 0 Å². The van der Waals surface area contributed by atoms with Crippen molar-refractivity contribution in [2.75, 3.05) is 11.5 Å². The quantitative estimate of drug-likeness (QED) is 0.146. The van der Waals surface area contributed by atoms with E-state index in [0.29, 0.717) is 21.9 Å². The zero-order chi connectivity index (χ0) is 25.8. The maximum atomic E-state index is 13.6. The molecule has 2 nitrogen and oxygen atoms in total. The van der Waals surface area contributed by atoms with Crippen LogP contribution in [-0.2, 0) is 12.4 Å². The minimum atomic E-state index is -4.57. The fraction of sp³-hybridized carbons (Fsp3) is 0.0714. The predicted molar refractivity (Wildman–Crippen MR) is 131 cm³/mol. The van der Waals surface area contributed by atoms with Crippen LogP contribution in [-0.4, -0.2) is 0 Å². The third-order valence-electron chi connectivity index (χ3n) is 6.12. The lowest BCUT2D eigenvalue weighted by Gasteiger charge is -2.15. The Morgan fingerprint density at radius 1 is 0.417 bits per heavy atom. The molecule has 0 fully saturated rings. The van der Waals surface area contributed by atoms with Crippen LogP contribution >= 0.6 is 0 Å². The van der Waals surface area contributed by atoms with Gasteiger partial charge in [-0.3, -0.25) is 0 Å².